The Morgan fingerprint density at radius 2 is 2.00 bits per heavy atom. The molecule has 2 rings (SSSR count). The van der Waals surface area contributed by atoms with Crippen LogP contribution in [0, 0.1) is 5.92 Å². The molecular weight excluding hydrogens is 256 g/mol. The van der Waals surface area contributed by atoms with Crippen molar-refractivity contribution in [2.45, 2.75) is 12.8 Å². The highest BCUT2D eigenvalue weighted by atomic mass is 79.9. The topological polar surface area (TPSA) is 26.3 Å². The summed E-state index contributed by atoms with van der Waals surface area (Å²) in [6.45, 7) is 3.08. The second-order valence-electron chi connectivity index (χ2n) is 3.94. The van der Waals surface area contributed by atoms with E-state index in [1.54, 1.807) is 6.92 Å². The number of hydrogen-bond donors (Lipinski definition) is 0. The summed E-state index contributed by atoms with van der Waals surface area (Å²) in [4.78, 5) is 11.6. The zero-order valence-corrected chi connectivity index (χ0v) is 10.2. The third kappa shape index (κ3) is 2.29. The minimum Gasteiger partial charge on any atom is -0.381 e. The number of halogens is 1. The predicted molar refractivity (Wildman–Crippen MR) is 61.9 cm³/mol. The van der Waals surface area contributed by atoms with E-state index >= 15 is 0 Å². The summed E-state index contributed by atoms with van der Waals surface area (Å²) >= 11 is 3.39. The second-order valence-corrected chi connectivity index (χ2v) is 4.85. The van der Waals surface area contributed by atoms with E-state index < -0.39 is 0 Å². The Morgan fingerprint density at radius 3 is 2.40 bits per heavy atom. The molecule has 1 aliphatic heterocycles. The Bertz CT molecular complexity index is 354. The van der Waals surface area contributed by atoms with Crippen LogP contribution in [0.3, 0.4) is 0 Å². The number of ether oxygens (including phenoxy) is 1. The van der Waals surface area contributed by atoms with Gasteiger partial charge in [0.25, 0.3) is 0 Å². The SMILES string of the molecule is CC(=O)C(c1ccc(Br)cc1)C1COC1. The van der Waals surface area contributed by atoms with Gasteiger partial charge in [-0.1, -0.05) is 28.1 Å². The van der Waals surface area contributed by atoms with Gasteiger partial charge in [0.05, 0.1) is 13.2 Å². The first-order valence-corrected chi connectivity index (χ1v) is 5.81. The second kappa shape index (κ2) is 4.45. The summed E-state index contributed by atoms with van der Waals surface area (Å²) < 4.78 is 6.19. The maximum Gasteiger partial charge on any atom is 0.137 e. The molecular formula is C12H13BrO2. The Balaban J connectivity index is 2.23. The molecule has 1 atom stereocenters. The summed E-state index contributed by atoms with van der Waals surface area (Å²) in [6.07, 6.45) is 0. The molecule has 0 N–H and O–H groups in total. The van der Waals surface area contributed by atoms with Gasteiger partial charge in [-0.25, -0.2) is 0 Å². The van der Waals surface area contributed by atoms with Crippen LogP contribution in [0.5, 0.6) is 0 Å². The van der Waals surface area contributed by atoms with Crippen LogP contribution < -0.4 is 0 Å². The Morgan fingerprint density at radius 1 is 1.40 bits per heavy atom. The molecule has 1 unspecified atom stereocenters. The van der Waals surface area contributed by atoms with Gasteiger partial charge >= 0.3 is 0 Å². The van der Waals surface area contributed by atoms with Gasteiger partial charge in [0, 0.05) is 16.3 Å². The molecule has 0 bridgehead atoms. The highest BCUT2D eigenvalue weighted by Crippen LogP contribution is 2.31. The molecule has 1 saturated heterocycles. The maximum atomic E-state index is 11.6. The smallest absolute Gasteiger partial charge is 0.137 e. The lowest BCUT2D eigenvalue weighted by Crippen LogP contribution is -2.36. The molecule has 15 heavy (non-hydrogen) atoms. The van der Waals surface area contributed by atoms with E-state index in [0.29, 0.717) is 19.1 Å². The lowest BCUT2D eigenvalue weighted by molar-refractivity contribution is -0.125. The fourth-order valence-electron chi connectivity index (χ4n) is 1.96. The van der Waals surface area contributed by atoms with Gasteiger partial charge in [-0.2, -0.15) is 0 Å². The van der Waals surface area contributed by atoms with Gasteiger partial charge in [-0.3, -0.25) is 4.79 Å². The van der Waals surface area contributed by atoms with Crippen LogP contribution in [0.1, 0.15) is 18.4 Å². The quantitative estimate of drug-likeness (QED) is 0.843. The molecule has 0 saturated carbocycles. The summed E-state index contributed by atoms with van der Waals surface area (Å²) in [5.74, 6) is 0.598. The van der Waals surface area contributed by atoms with E-state index in [1.807, 2.05) is 24.3 Å². The first kappa shape index (κ1) is 10.8. The average Bonchev–Trinajstić information content (AvgIpc) is 2.12. The minimum atomic E-state index is 0.00634. The van der Waals surface area contributed by atoms with Crippen molar-refractivity contribution in [3.63, 3.8) is 0 Å². The number of carbonyl (C=O) groups is 1. The van der Waals surface area contributed by atoms with Crippen LogP contribution in [0.2, 0.25) is 0 Å². The van der Waals surface area contributed by atoms with Crippen LogP contribution in [-0.2, 0) is 9.53 Å². The molecule has 0 amide bonds. The number of carbonyl (C=O) groups excluding carboxylic acids is 1. The average molecular weight is 269 g/mol. The lowest BCUT2D eigenvalue weighted by atomic mass is 9.82. The molecule has 0 aromatic heterocycles. The van der Waals surface area contributed by atoms with Gasteiger partial charge in [-0.05, 0) is 24.6 Å². The zero-order valence-electron chi connectivity index (χ0n) is 8.57. The highest BCUT2D eigenvalue weighted by molar-refractivity contribution is 9.10. The van der Waals surface area contributed by atoms with Gasteiger partial charge in [0.15, 0.2) is 0 Å². The Labute approximate surface area is 97.8 Å². The minimum absolute atomic E-state index is 0.00634. The van der Waals surface area contributed by atoms with Crippen LogP contribution in [0.15, 0.2) is 28.7 Å². The van der Waals surface area contributed by atoms with E-state index in [2.05, 4.69) is 15.9 Å². The largest absolute Gasteiger partial charge is 0.381 e. The van der Waals surface area contributed by atoms with Crippen molar-refractivity contribution in [3.8, 4) is 0 Å². The van der Waals surface area contributed by atoms with Crippen molar-refractivity contribution in [1.82, 2.24) is 0 Å². The molecule has 0 aliphatic carbocycles. The van der Waals surface area contributed by atoms with Crippen molar-refractivity contribution in [2.24, 2.45) is 5.92 Å². The standard InChI is InChI=1S/C12H13BrO2/c1-8(14)12(10-6-15-7-10)9-2-4-11(13)5-3-9/h2-5,10,12H,6-7H2,1H3. The van der Waals surface area contributed by atoms with E-state index in [9.17, 15) is 4.79 Å². The summed E-state index contributed by atoms with van der Waals surface area (Å²) in [5.41, 5.74) is 1.10. The van der Waals surface area contributed by atoms with Gasteiger partial charge in [-0.15, -0.1) is 0 Å². The van der Waals surface area contributed by atoms with E-state index in [1.165, 1.54) is 0 Å². The first-order valence-electron chi connectivity index (χ1n) is 5.02. The summed E-state index contributed by atoms with van der Waals surface area (Å²) in [6, 6.07) is 7.97. The molecule has 80 valence electrons. The first-order chi connectivity index (χ1) is 7.18. The molecule has 0 spiro atoms. The fourth-order valence-corrected chi connectivity index (χ4v) is 2.22. The van der Waals surface area contributed by atoms with E-state index in [0.717, 1.165) is 10.0 Å². The lowest BCUT2D eigenvalue weighted by Gasteiger charge is -2.32. The number of benzene rings is 1. The van der Waals surface area contributed by atoms with Gasteiger partial charge < -0.3 is 4.74 Å². The normalized spacial score (nSPS) is 18.3. The van der Waals surface area contributed by atoms with Crippen molar-refractivity contribution < 1.29 is 9.53 Å². The van der Waals surface area contributed by atoms with Crippen LogP contribution in [0.25, 0.3) is 0 Å². The fraction of sp³-hybridized carbons (Fsp3) is 0.417. The molecule has 1 aliphatic rings. The molecule has 1 aromatic carbocycles. The number of rotatable bonds is 3. The number of ketones is 1. The third-order valence-electron chi connectivity index (χ3n) is 2.80. The monoisotopic (exact) mass is 268 g/mol. The van der Waals surface area contributed by atoms with Crippen LogP contribution >= 0.6 is 15.9 Å². The zero-order chi connectivity index (χ0) is 10.8. The van der Waals surface area contributed by atoms with Crippen molar-refractivity contribution in [2.75, 3.05) is 13.2 Å². The Hall–Kier alpha value is -0.670. The van der Waals surface area contributed by atoms with E-state index in [4.69, 9.17) is 4.74 Å². The third-order valence-corrected chi connectivity index (χ3v) is 3.33. The number of Topliss-reactive ketones (excluding diaryl/α,β-unsaturated/α-hetero) is 1. The van der Waals surface area contributed by atoms with E-state index in [-0.39, 0.29) is 11.7 Å². The van der Waals surface area contributed by atoms with Crippen molar-refractivity contribution in [3.05, 3.63) is 34.3 Å². The summed E-state index contributed by atoms with van der Waals surface area (Å²) in [7, 11) is 0. The molecule has 1 heterocycles. The van der Waals surface area contributed by atoms with Crippen LogP contribution in [-0.4, -0.2) is 19.0 Å². The molecule has 2 nitrogen and oxygen atoms in total. The predicted octanol–water partition coefficient (Wildman–Crippen LogP) is 2.77. The molecule has 1 fully saturated rings. The molecule has 0 radical (unpaired) electrons. The van der Waals surface area contributed by atoms with Crippen LogP contribution in [0.4, 0.5) is 0 Å². The molecule has 1 aromatic rings. The van der Waals surface area contributed by atoms with Crippen molar-refractivity contribution in [1.29, 1.82) is 0 Å². The number of hydrogen-bond acceptors (Lipinski definition) is 2. The van der Waals surface area contributed by atoms with Gasteiger partial charge in [0.2, 0.25) is 0 Å². The molecule has 3 heteroatoms. The Kier molecular flexibility index (Phi) is 3.22. The summed E-state index contributed by atoms with van der Waals surface area (Å²) in [5, 5.41) is 0. The highest BCUT2D eigenvalue weighted by Gasteiger charge is 2.32. The maximum absolute atomic E-state index is 11.6. The van der Waals surface area contributed by atoms with Crippen molar-refractivity contribution >= 4 is 21.7 Å². The van der Waals surface area contributed by atoms with Gasteiger partial charge in [0.1, 0.15) is 5.78 Å².